The zero-order chi connectivity index (χ0) is 14.1. The fraction of sp³-hybridized carbons (Fsp3) is 0.267. The third kappa shape index (κ3) is 2.70. The Bertz CT molecular complexity index is 678. The van der Waals surface area contributed by atoms with Crippen molar-refractivity contribution in [2.24, 2.45) is 0 Å². The molecule has 0 fully saturated rings. The maximum Gasteiger partial charge on any atom is 0.248 e. The van der Waals surface area contributed by atoms with Gasteiger partial charge >= 0.3 is 0 Å². The first-order chi connectivity index (χ1) is 9.61. The summed E-state index contributed by atoms with van der Waals surface area (Å²) in [7, 11) is 0. The van der Waals surface area contributed by atoms with Gasteiger partial charge in [0.1, 0.15) is 5.82 Å². The number of H-pyrrole nitrogens is 1. The second-order valence-corrected chi connectivity index (χ2v) is 5.44. The summed E-state index contributed by atoms with van der Waals surface area (Å²) in [4.78, 5) is 14.2. The van der Waals surface area contributed by atoms with E-state index in [1.807, 2.05) is 6.07 Å². The van der Waals surface area contributed by atoms with Crippen LogP contribution in [0.4, 0.5) is 10.1 Å². The summed E-state index contributed by atoms with van der Waals surface area (Å²) in [5.41, 5.74) is 2.59. The molecule has 1 heterocycles. The Morgan fingerprint density at radius 1 is 1.30 bits per heavy atom. The lowest BCUT2D eigenvalue weighted by atomic mass is 9.91. The molecule has 1 aromatic heterocycles. The highest BCUT2D eigenvalue weighted by Gasteiger charge is 2.20. The molecule has 1 unspecified atom stereocenters. The number of aryl methyl sites for hydroxylation is 1. The molecule has 0 saturated carbocycles. The molecule has 0 saturated heterocycles. The fourth-order valence-corrected chi connectivity index (χ4v) is 2.91. The van der Waals surface area contributed by atoms with Crippen molar-refractivity contribution in [3.05, 3.63) is 62.8 Å². The zero-order valence-electron chi connectivity index (χ0n) is 10.7. The quantitative estimate of drug-likeness (QED) is 0.887. The van der Waals surface area contributed by atoms with Gasteiger partial charge in [-0.15, -0.1) is 0 Å². The van der Waals surface area contributed by atoms with Crippen LogP contribution < -0.4 is 10.9 Å². The van der Waals surface area contributed by atoms with Crippen molar-refractivity contribution < 1.29 is 4.39 Å². The number of benzene rings is 1. The van der Waals surface area contributed by atoms with Crippen LogP contribution in [0.1, 0.15) is 30.1 Å². The SMILES string of the molecule is O=c1ccc2c([nH]1)CCCC2Nc1cc(F)cc(Cl)c1. The highest BCUT2D eigenvalue weighted by Crippen LogP contribution is 2.31. The van der Waals surface area contributed by atoms with Gasteiger partial charge in [-0.05, 0) is 49.1 Å². The van der Waals surface area contributed by atoms with E-state index in [-0.39, 0.29) is 17.4 Å². The van der Waals surface area contributed by atoms with Crippen molar-refractivity contribution in [2.75, 3.05) is 5.32 Å². The molecule has 0 radical (unpaired) electrons. The molecule has 104 valence electrons. The molecule has 0 bridgehead atoms. The minimum absolute atomic E-state index is 0.0634. The molecule has 1 aliphatic carbocycles. The van der Waals surface area contributed by atoms with E-state index >= 15 is 0 Å². The van der Waals surface area contributed by atoms with Crippen LogP contribution in [-0.4, -0.2) is 4.98 Å². The lowest BCUT2D eigenvalue weighted by Crippen LogP contribution is -2.21. The van der Waals surface area contributed by atoms with Gasteiger partial charge in [-0.1, -0.05) is 11.6 Å². The molecule has 0 aliphatic heterocycles. The van der Waals surface area contributed by atoms with Gasteiger partial charge in [0.15, 0.2) is 0 Å². The largest absolute Gasteiger partial charge is 0.378 e. The number of halogens is 2. The van der Waals surface area contributed by atoms with E-state index in [9.17, 15) is 9.18 Å². The fourth-order valence-electron chi connectivity index (χ4n) is 2.69. The summed E-state index contributed by atoms with van der Waals surface area (Å²) in [6.45, 7) is 0. The monoisotopic (exact) mass is 292 g/mol. The van der Waals surface area contributed by atoms with E-state index in [1.54, 1.807) is 6.07 Å². The van der Waals surface area contributed by atoms with Gasteiger partial charge in [0.2, 0.25) is 5.56 Å². The summed E-state index contributed by atoms with van der Waals surface area (Å²) >= 11 is 5.86. The first kappa shape index (κ1) is 13.2. The Morgan fingerprint density at radius 3 is 2.95 bits per heavy atom. The molecule has 20 heavy (non-hydrogen) atoms. The third-order valence-corrected chi connectivity index (χ3v) is 3.75. The molecule has 3 rings (SSSR count). The smallest absolute Gasteiger partial charge is 0.248 e. The normalized spacial score (nSPS) is 17.6. The first-order valence-corrected chi connectivity index (χ1v) is 6.94. The summed E-state index contributed by atoms with van der Waals surface area (Å²) in [5, 5.41) is 3.66. The van der Waals surface area contributed by atoms with Crippen LogP contribution >= 0.6 is 11.6 Å². The van der Waals surface area contributed by atoms with Gasteiger partial charge in [-0.25, -0.2) is 4.39 Å². The molecular formula is C15H14ClFN2O. The van der Waals surface area contributed by atoms with Crippen molar-refractivity contribution in [3.8, 4) is 0 Å². The number of aromatic nitrogens is 1. The molecule has 5 heteroatoms. The van der Waals surface area contributed by atoms with Crippen LogP contribution in [0, 0.1) is 5.82 Å². The van der Waals surface area contributed by atoms with E-state index in [0.717, 1.165) is 30.5 Å². The minimum Gasteiger partial charge on any atom is -0.378 e. The van der Waals surface area contributed by atoms with Crippen molar-refractivity contribution in [1.82, 2.24) is 4.98 Å². The highest BCUT2D eigenvalue weighted by atomic mass is 35.5. The molecule has 2 N–H and O–H groups in total. The Morgan fingerprint density at radius 2 is 2.15 bits per heavy atom. The maximum absolute atomic E-state index is 13.4. The lowest BCUT2D eigenvalue weighted by Gasteiger charge is -2.26. The standard InChI is InChI=1S/C15H14ClFN2O/c16-9-6-10(17)8-11(7-9)18-13-2-1-3-14-12(13)4-5-15(20)19-14/h4-8,13,18H,1-3H2,(H,19,20). The van der Waals surface area contributed by atoms with Gasteiger partial charge in [-0.3, -0.25) is 4.79 Å². The molecule has 2 aromatic rings. The van der Waals surface area contributed by atoms with Crippen LogP contribution in [0.25, 0.3) is 0 Å². The summed E-state index contributed by atoms with van der Waals surface area (Å²) in [6, 6.07) is 7.83. The number of nitrogens with one attached hydrogen (secondary N) is 2. The number of fused-ring (bicyclic) bond motifs is 1. The average Bonchev–Trinajstić information content (AvgIpc) is 2.37. The molecular weight excluding hydrogens is 279 g/mol. The van der Waals surface area contributed by atoms with E-state index in [0.29, 0.717) is 10.7 Å². The highest BCUT2D eigenvalue weighted by molar-refractivity contribution is 6.30. The number of rotatable bonds is 2. The summed E-state index contributed by atoms with van der Waals surface area (Å²) in [5.74, 6) is -0.363. The number of hydrogen-bond donors (Lipinski definition) is 2. The minimum atomic E-state index is -0.363. The Labute approximate surface area is 120 Å². The maximum atomic E-state index is 13.4. The van der Waals surface area contributed by atoms with Crippen LogP contribution in [0.15, 0.2) is 35.1 Å². The molecule has 1 atom stereocenters. The van der Waals surface area contributed by atoms with Crippen LogP contribution in [0.2, 0.25) is 5.02 Å². The van der Waals surface area contributed by atoms with E-state index in [1.165, 1.54) is 18.2 Å². The topological polar surface area (TPSA) is 44.9 Å². The Kier molecular flexibility index (Phi) is 3.49. The number of hydrogen-bond acceptors (Lipinski definition) is 2. The van der Waals surface area contributed by atoms with E-state index in [2.05, 4.69) is 10.3 Å². The van der Waals surface area contributed by atoms with Crippen LogP contribution in [0.3, 0.4) is 0 Å². The zero-order valence-corrected chi connectivity index (χ0v) is 11.5. The van der Waals surface area contributed by atoms with Crippen molar-refractivity contribution >= 4 is 17.3 Å². The van der Waals surface area contributed by atoms with E-state index < -0.39 is 0 Å². The van der Waals surface area contributed by atoms with Crippen molar-refractivity contribution in [1.29, 1.82) is 0 Å². The second-order valence-electron chi connectivity index (χ2n) is 5.00. The van der Waals surface area contributed by atoms with Gasteiger partial charge in [0.25, 0.3) is 0 Å². The van der Waals surface area contributed by atoms with Gasteiger partial charge in [-0.2, -0.15) is 0 Å². The average molecular weight is 293 g/mol. The Hall–Kier alpha value is -1.81. The Balaban J connectivity index is 1.91. The van der Waals surface area contributed by atoms with E-state index in [4.69, 9.17) is 11.6 Å². The molecule has 0 amide bonds. The van der Waals surface area contributed by atoms with Gasteiger partial charge in [0, 0.05) is 22.5 Å². The molecule has 1 aliphatic rings. The predicted molar refractivity (Wildman–Crippen MR) is 77.8 cm³/mol. The molecule has 3 nitrogen and oxygen atoms in total. The van der Waals surface area contributed by atoms with Gasteiger partial charge < -0.3 is 10.3 Å². The predicted octanol–water partition coefficient (Wildman–Crippen LogP) is 3.66. The summed E-state index contributed by atoms with van der Waals surface area (Å²) in [6.07, 6.45) is 2.79. The van der Waals surface area contributed by atoms with Crippen molar-refractivity contribution in [3.63, 3.8) is 0 Å². The number of aromatic amines is 1. The number of pyridine rings is 1. The second kappa shape index (κ2) is 5.29. The number of anilines is 1. The molecule has 0 spiro atoms. The first-order valence-electron chi connectivity index (χ1n) is 6.56. The summed E-state index contributed by atoms with van der Waals surface area (Å²) < 4.78 is 13.4. The van der Waals surface area contributed by atoms with Crippen molar-refractivity contribution in [2.45, 2.75) is 25.3 Å². The lowest BCUT2D eigenvalue weighted by molar-refractivity contribution is 0.585. The molecule has 1 aromatic carbocycles. The van der Waals surface area contributed by atoms with Gasteiger partial charge in [0.05, 0.1) is 6.04 Å². The van der Waals surface area contributed by atoms with Crippen LogP contribution in [0.5, 0.6) is 0 Å². The van der Waals surface area contributed by atoms with Crippen LogP contribution in [-0.2, 0) is 6.42 Å². The third-order valence-electron chi connectivity index (χ3n) is 3.54.